The molecule has 2 aromatic rings. The van der Waals surface area contributed by atoms with Gasteiger partial charge in [0.05, 0.1) is 12.5 Å². The molecule has 2 amide bonds. The Balaban J connectivity index is 1.37. The molecule has 6 nitrogen and oxygen atoms in total. The second-order valence-electron chi connectivity index (χ2n) is 7.32. The number of carbonyl (C=O) groups is 2. The maximum atomic E-state index is 13.0. The molecule has 2 atom stereocenters. The minimum Gasteiger partial charge on any atom is -0.486 e. The first-order chi connectivity index (χ1) is 14.0. The van der Waals surface area contributed by atoms with Crippen LogP contribution in [0.5, 0.6) is 11.5 Å². The summed E-state index contributed by atoms with van der Waals surface area (Å²) in [7, 11) is 1.76. The number of hydrogen-bond donors (Lipinski definition) is 0. The average Bonchev–Trinajstić information content (AvgIpc) is 3.14. The molecule has 0 unspecified atom stereocenters. The molecule has 1 fully saturated rings. The average molecular weight is 413 g/mol. The smallest absolute Gasteiger partial charge is 0.227 e. The summed E-state index contributed by atoms with van der Waals surface area (Å²) in [5, 5.41) is 0. The molecule has 2 aliphatic heterocycles. The number of para-hydroxylation sites is 2. The fourth-order valence-corrected chi connectivity index (χ4v) is 4.21. The van der Waals surface area contributed by atoms with Gasteiger partial charge in [0.2, 0.25) is 11.8 Å². The van der Waals surface area contributed by atoms with Gasteiger partial charge in [0.25, 0.3) is 0 Å². The molecule has 152 valence electrons. The van der Waals surface area contributed by atoms with E-state index >= 15 is 0 Å². The van der Waals surface area contributed by atoms with Crippen LogP contribution >= 0.6 is 11.8 Å². The highest BCUT2D eigenvalue weighted by atomic mass is 32.2. The number of likely N-dealkylation sites (N-methyl/N-ethyl adjacent to an activating group) is 1. The van der Waals surface area contributed by atoms with E-state index in [0.717, 1.165) is 16.3 Å². The van der Waals surface area contributed by atoms with E-state index in [0.29, 0.717) is 25.4 Å². The lowest BCUT2D eigenvalue weighted by atomic mass is 10.1. The number of anilines is 1. The summed E-state index contributed by atoms with van der Waals surface area (Å²) < 4.78 is 11.7. The third-order valence-corrected chi connectivity index (χ3v) is 5.99. The van der Waals surface area contributed by atoms with Crippen LogP contribution in [0.1, 0.15) is 6.42 Å². The topological polar surface area (TPSA) is 59.1 Å². The molecule has 7 heteroatoms. The Morgan fingerprint density at radius 1 is 1.21 bits per heavy atom. The Kier molecular flexibility index (Phi) is 5.67. The Morgan fingerprint density at radius 3 is 2.79 bits per heavy atom. The lowest BCUT2D eigenvalue weighted by molar-refractivity contribution is -0.135. The van der Waals surface area contributed by atoms with Crippen molar-refractivity contribution < 1.29 is 19.1 Å². The Hall–Kier alpha value is -2.67. The van der Waals surface area contributed by atoms with Gasteiger partial charge in [0, 0.05) is 30.6 Å². The monoisotopic (exact) mass is 412 g/mol. The number of hydrogen-bond acceptors (Lipinski definition) is 5. The highest BCUT2D eigenvalue weighted by molar-refractivity contribution is 7.98. The van der Waals surface area contributed by atoms with Crippen molar-refractivity contribution in [2.45, 2.75) is 17.4 Å². The molecule has 4 rings (SSSR count). The zero-order valence-corrected chi connectivity index (χ0v) is 17.4. The lowest BCUT2D eigenvalue weighted by Crippen LogP contribution is -2.44. The minimum absolute atomic E-state index is 0.0128. The molecule has 0 radical (unpaired) electrons. The van der Waals surface area contributed by atoms with Crippen molar-refractivity contribution in [3.8, 4) is 11.5 Å². The van der Waals surface area contributed by atoms with Crippen LogP contribution in [-0.4, -0.2) is 55.8 Å². The van der Waals surface area contributed by atoms with Gasteiger partial charge >= 0.3 is 0 Å². The van der Waals surface area contributed by atoms with E-state index < -0.39 is 0 Å². The first kappa shape index (κ1) is 19.6. The molecule has 0 spiro atoms. The third-order valence-electron chi connectivity index (χ3n) is 5.26. The highest BCUT2D eigenvalue weighted by Gasteiger charge is 2.37. The fraction of sp³-hybridized carbons (Fsp3) is 0.364. The standard InChI is InChI=1S/C22H24N2O4S/c1-23(13-17-14-27-19-8-3-4-9-20(19)28-17)22(26)15-10-21(25)24(12-15)16-6-5-7-18(11-16)29-2/h3-9,11,15,17H,10,12-14H2,1-2H3/t15-,17-/m0/s1. The largest absolute Gasteiger partial charge is 0.486 e. The number of rotatable bonds is 5. The summed E-state index contributed by atoms with van der Waals surface area (Å²) in [5.41, 5.74) is 0.848. The second-order valence-corrected chi connectivity index (χ2v) is 8.20. The van der Waals surface area contributed by atoms with Gasteiger partial charge < -0.3 is 19.3 Å². The van der Waals surface area contributed by atoms with Gasteiger partial charge in [-0.1, -0.05) is 18.2 Å². The van der Waals surface area contributed by atoms with Crippen LogP contribution in [0.2, 0.25) is 0 Å². The van der Waals surface area contributed by atoms with Gasteiger partial charge in [-0.25, -0.2) is 0 Å². The van der Waals surface area contributed by atoms with Crippen molar-refractivity contribution in [3.05, 3.63) is 48.5 Å². The van der Waals surface area contributed by atoms with Crippen LogP contribution < -0.4 is 14.4 Å². The van der Waals surface area contributed by atoms with E-state index in [1.807, 2.05) is 54.8 Å². The van der Waals surface area contributed by atoms with Crippen molar-refractivity contribution in [1.82, 2.24) is 4.90 Å². The van der Waals surface area contributed by atoms with E-state index in [1.54, 1.807) is 28.6 Å². The van der Waals surface area contributed by atoms with Crippen molar-refractivity contribution in [2.75, 3.05) is 37.9 Å². The predicted octanol–water partition coefficient (Wildman–Crippen LogP) is 3.06. The van der Waals surface area contributed by atoms with Crippen molar-refractivity contribution in [3.63, 3.8) is 0 Å². The zero-order chi connectivity index (χ0) is 20.4. The molecule has 29 heavy (non-hydrogen) atoms. The van der Waals surface area contributed by atoms with E-state index in [9.17, 15) is 9.59 Å². The summed E-state index contributed by atoms with van der Waals surface area (Å²) in [6.45, 7) is 1.22. The summed E-state index contributed by atoms with van der Waals surface area (Å²) in [6.07, 6.45) is 2.00. The maximum Gasteiger partial charge on any atom is 0.227 e. The van der Waals surface area contributed by atoms with Crippen molar-refractivity contribution >= 4 is 29.3 Å². The van der Waals surface area contributed by atoms with Crippen LogP contribution in [-0.2, 0) is 9.59 Å². The number of amides is 2. The Labute approximate surface area is 174 Å². The van der Waals surface area contributed by atoms with E-state index in [1.165, 1.54) is 0 Å². The Morgan fingerprint density at radius 2 is 2.00 bits per heavy atom. The van der Waals surface area contributed by atoms with Gasteiger partial charge in [-0.05, 0) is 36.6 Å². The van der Waals surface area contributed by atoms with E-state index in [4.69, 9.17) is 9.47 Å². The fourth-order valence-electron chi connectivity index (χ4n) is 3.76. The maximum absolute atomic E-state index is 13.0. The molecular weight excluding hydrogens is 388 g/mol. The molecule has 0 aliphatic carbocycles. The molecule has 0 aromatic heterocycles. The first-order valence-corrected chi connectivity index (χ1v) is 10.9. The molecule has 2 heterocycles. The highest BCUT2D eigenvalue weighted by Crippen LogP contribution is 2.32. The first-order valence-electron chi connectivity index (χ1n) is 9.63. The number of carbonyl (C=O) groups excluding carboxylic acids is 2. The SMILES string of the molecule is CSc1cccc(N2C[C@@H](C(=O)N(C)C[C@H]3COc4ccccc4O3)CC2=O)c1. The van der Waals surface area contributed by atoms with Crippen LogP contribution in [0, 0.1) is 5.92 Å². The normalized spacial score (nSPS) is 20.6. The van der Waals surface area contributed by atoms with Gasteiger partial charge in [-0.15, -0.1) is 11.8 Å². The Bertz CT molecular complexity index is 919. The van der Waals surface area contributed by atoms with Gasteiger partial charge in [-0.2, -0.15) is 0 Å². The van der Waals surface area contributed by atoms with Crippen LogP contribution in [0.15, 0.2) is 53.4 Å². The summed E-state index contributed by atoms with van der Waals surface area (Å²) in [5.74, 6) is 1.02. The molecule has 2 aliphatic rings. The second kappa shape index (κ2) is 8.37. The summed E-state index contributed by atoms with van der Waals surface area (Å²) >= 11 is 1.63. The van der Waals surface area contributed by atoms with Crippen LogP contribution in [0.25, 0.3) is 0 Å². The summed E-state index contributed by atoms with van der Waals surface area (Å²) in [6, 6.07) is 15.4. The minimum atomic E-state index is -0.345. The van der Waals surface area contributed by atoms with Gasteiger partial charge in [0.15, 0.2) is 17.6 Å². The lowest BCUT2D eigenvalue weighted by Gasteiger charge is -2.30. The third kappa shape index (κ3) is 4.19. The molecule has 0 bridgehead atoms. The predicted molar refractivity (Wildman–Crippen MR) is 113 cm³/mol. The number of fused-ring (bicyclic) bond motifs is 1. The van der Waals surface area contributed by atoms with Gasteiger partial charge in [-0.3, -0.25) is 9.59 Å². The van der Waals surface area contributed by atoms with Crippen molar-refractivity contribution in [2.24, 2.45) is 5.92 Å². The van der Waals surface area contributed by atoms with Crippen LogP contribution in [0.3, 0.4) is 0 Å². The number of benzene rings is 2. The van der Waals surface area contributed by atoms with E-state index in [2.05, 4.69) is 0 Å². The van der Waals surface area contributed by atoms with Gasteiger partial charge in [0.1, 0.15) is 6.61 Å². The number of ether oxygens (including phenoxy) is 2. The number of nitrogens with zero attached hydrogens (tertiary/aromatic N) is 2. The molecule has 2 aromatic carbocycles. The molecule has 1 saturated heterocycles. The molecule has 0 saturated carbocycles. The van der Waals surface area contributed by atoms with Crippen molar-refractivity contribution in [1.29, 1.82) is 0 Å². The van der Waals surface area contributed by atoms with E-state index in [-0.39, 0.29) is 30.3 Å². The summed E-state index contributed by atoms with van der Waals surface area (Å²) in [4.78, 5) is 30.0. The quantitative estimate of drug-likeness (QED) is 0.707. The number of thioether (sulfide) groups is 1. The molecular formula is C22H24N2O4S. The molecule has 0 N–H and O–H groups in total. The van der Waals surface area contributed by atoms with Crippen LogP contribution in [0.4, 0.5) is 5.69 Å². The zero-order valence-electron chi connectivity index (χ0n) is 16.5.